The van der Waals surface area contributed by atoms with Crippen LogP contribution in [0.1, 0.15) is 33.1 Å². The quantitative estimate of drug-likeness (QED) is 0.728. The van der Waals surface area contributed by atoms with Crippen molar-refractivity contribution in [1.82, 2.24) is 5.32 Å². The maximum Gasteiger partial charge on any atom is 0.237 e. The van der Waals surface area contributed by atoms with Gasteiger partial charge in [0.1, 0.15) is 11.5 Å². The Bertz CT molecular complexity index is 471. The van der Waals surface area contributed by atoms with Crippen molar-refractivity contribution in [2.24, 2.45) is 5.73 Å². The average molecular weight is 292 g/mol. The Labute approximate surface area is 125 Å². The highest BCUT2D eigenvalue weighted by atomic mass is 16.5. The Hall–Kier alpha value is -1.75. The number of ether oxygens (including phenoxy) is 2. The minimum absolute atomic E-state index is 0.329. The second-order valence-corrected chi connectivity index (χ2v) is 5.62. The first kappa shape index (κ1) is 15.6. The first-order valence-corrected chi connectivity index (χ1v) is 7.47. The first-order valence-electron chi connectivity index (χ1n) is 7.47. The minimum Gasteiger partial charge on any atom is -0.494 e. The average Bonchev–Trinajstić information content (AvgIpc) is 3.25. The van der Waals surface area contributed by atoms with Gasteiger partial charge in [0.25, 0.3) is 0 Å². The van der Waals surface area contributed by atoms with Gasteiger partial charge >= 0.3 is 0 Å². The van der Waals surface area contributed by atoms with E-state index in [1.807, 2.05) is 38.1 Å². The van der Waals surface area contributed by atoms with E-state index in [0.717, 1.165) is 24.3 Å². The second kappa shape index (κ2) is 6.80. The highest BCUT2D eigenvalue weighted by molar-refractivity contribution is 5.84. The summed E-state index contributed by atoms with van der Waals surface area (Å²) in [6, 6.07) is 7.89. The van der Waals surface area contributed by atoms with Crippen molar-refractivity contribution in [2.75, 3.05) is 13.2 Å². The molecule has 0 spiro atoms. The van der Waals surface area contributed by atoms with E-state index in [0.29, 0.717) is 25.7 Å². The van der Waals surface area contributed by atoms with Gasteiger partial charge in [-0.2, -0.15) is 0 Å². The van der Waals surface area contributed by atoms with Gasteiger partial charge in [0.2, 0.25) is 5.91 Å². The predicted molar refractivity (Wildman–Crippen MR) is 81.5 cm³/mol. The van der Waals surface area contributed by atoms with E-state index < -0.39 is 5.54 Å². The van der Waals surface area contributed by atoms with Crippen molar-refractivity contribution in [3.8, 4) is 11.5 Å². The van der Waals surface area contributed by atoms with Gasteiger partial charge in [-0.3, -0.25) is 4.79 Å². The molecule has 21 heavy (non-hydrogen) atoms. The Kier molecular flexibility index (Phi) is 5.07. The summed E-state index contributed by atoms with van der Waals surface area (Å²) in [6.45, 7) is 4.87. The molecule has 1 atom stereocenters. The highest BCUT2D eigenvalue weighted by Crippen LogP contribution is 2.24. The maximum atomic E-state index is 11.6. The summed E-state index contributed by atoms with van der Waals surface area (Å²) >= 11 is 0. The fourth-order valence-electron chi connectivity index (χ4n) is 2.12. The molecule has 1 aromatic rings. The van der Waals surface area contributed by atoms with Gasteiger partial charge in [-0.25, -0.2) is 0 Å². The van der Waals surface area contributed by atoms with Gasteiger partial charge in [-0.05, 0) is 51.0 Å². The third-order valence-electron chi connectivity index (χ3n) is 3.65. The van der Waals surface area contributed by atoms with Gasteiger partial charge in [-0.1, -0.05) is 0 Å². The Morgan fingerprint density at radius 3 is 2.33 bits per heavy atom. The second-order valence-electron chi connectivity index (χ2n) is 5.62. The lowest BCUT2D eigenvalue weighted by molar-refractivity contribution is -0.124. The van der Waals surface area contributed by atoms with Crippen molar-refractivity contribution in [2.45, 2.75) is 44.7 Å². The summed E-state index contributed by atoms with van der Waals surface area (Å²) in [5.41, 5.74) is 4.80. The molecule has 0 aromatic heterocycles. The third-order valence-corrected chi connectivity index (χ3v) is 3.65. The van der Waals surface area contributed by atoms with Crippen molar-refractivity contribution in [3.05, 3.63) is 24.3 Å². The van der Waals surface area contributed by atoms with Crippen molar-refractivity contribution >= 4 is 5.91 Å². The van der Waals surface area contributed by atoms with Crippen LogP contribution in [0.5, 0.6) is 11.5 Å². The van der Waals surface area contributed by atoms with Crippen LogP contribution in [0.25, 0.3) is 0 Å². The molecule has 1 aromatic carbocycles. The van der Waals surface area contributed by atoms with Crippen LogP contribution in [0.3, 0.4) is 0 Å². The molecule has 1 aliphatic rings. The zero-order valence-corrected chi connectivity index (χ0v) is 12.7. The number of carbonyl (C=O) groups is 1. The van der Waals surface area contributed by atoms with Crippen LogP contribution in [-0.4, -0.2) is 30.7 Å². The molecule has 0 aliphatic heterocycles. The molecule has 0 heterocycles. The number of rotatable bonds is 9. The van der Waals surface area contributed by atoms with E-state index in [-0.39, 0.29) is 5.91 Å². The molecule has 0 bridgehead atoms. The number of primary amides is 1. The van der Waals surface area contributed by atoms with E-state index in [4.69, 9.17) is 15.2 Å². The number of hydrogen-bond acceptors (Lipinski definition) is 4. The molecule has 5 nitrogen and oxygen atoms in total. The summed E-state index contributed by atoms with van der Waals surface area (Å²) in [6.07, 6.45) is 2.78. The Balaban J connectivity index is 1.82. The first-order chi connectivity index (χ1) is 10.0. The summed E-state index contributed by atoms with van der Waals surface area (Å²) < 4.78 is 11.1. The standard InChI is InChI=1S/C16H24N2O3/c1-3-20-13-6-8-14(9-7-13)21-11-10-16(2,15(17)19)18-12-4-5-12/h6-9,12,18H,3-5,10-11H2,1-2H3,(H2,17,19). The van der Waals surface area contributed by atoms with E-state index in [2.05, 4.69) is 5.32 Å². The van der Waals surface area contributed by atoms with Crippen molar-refractivity contribution < 1.29 is 14.3 Å². The number of hydrogen-bond donors (Lipinski definition) is 2. The highest BCUT2D eigenvalue weighted by Gasteiger charge is 2.36. The molecule has 3 N–H and O–H groups in total. The fourth-order valence-corrected chi connectivity index (χ4v) is 2.12. The molecule has 5 heteroatoms. The van der Waals surface area contributed by atoms with Crippen LogP contribution >= 0.6 is 0 Å². The fraction of sp³-hybridized carbons (Fsp3) is 0.562. The predicted octanol–water partition coefficient (Wildman–Crippen LogP) is 1.85. The molecule has 2 rings (SSSR count). The summed E-state index contributed by atoms with van der Waals surface area (Å²) in [5.74, 6) is 1.25. The van der Waals surface area contributed by atoms with Crippen LogP contribution in [0, 0.1) is 0 Å². The van der Waals surface area contributed by atoms with Gasteiger partial charge in [-0.15, -0.1) is 0 Å². The molecule has 1 fully saturated rings. The Morgan fingerprint density at radius 1 is 1.29 bits per heavy atom. The smallest absolute Gasteiger partial charge is 0.237 e. The number of amides is 1. The summed E-state index contributed by atoms with van der Waals surface area (Å²) in [5, 5.41) is 3.30. The van der Waals surface area contributed by atoms with Gasteiger partial charge in [0.05, 0.1) is 18.8 Å². The van der Waals surface area contributed by atoms with Crippen molar-refractivity contribution in [3.63, 3.8) is 0 Å². The zero-order valence-electron chi connectivity index (χ0n) is 12.7. The SMILES string of the molecule is CCOc1ccc(OCCC(C)(NC2CC2)C(N)=O)cc1. The van der Waals surface area contributed by atoms with Gasteiger partial charge in [0.15, 0.2) is 0 Å². The third kappa shape index (κ3) is 4.63. The molecule has 1 unspecified atom stereocenters. The van der Waals surface area contributed by atoms with Crippen LogP contribution in [0.4, 0.5) is 0 Å². The molecule has 116 valence electrons. The maximum absolute atomic E-state index is 11.6. The molecular weight excluding hydrogens is 268 g/mol. The van der Waals surface area contributed by atoms with Crippen LogP contribution < -0.4 is 20.5 Å². The van der Waals surface area contributed by atoms with Crippen LogP contribution in [-0.2, 0) is 4.79 Å². The topological polar surface area (TPSA) is 73.6 Å². The zero-order chi connectivity index (χ0) is 15.3. The summed E-state index contributed by atoms with van der Waals surface area (Å²) in [7, 11) is 0. The van der Waals surface area contributed by atoms with E-state index in [1.165, 1.54) is 0 Å². The largest absolute Gasteiger partial charge is 0.494 e. The normalized spacial score (nSPS) is 17.0. The van der Waals surface area contributed by atoms with E-state index >= 15 is 0 Å². The van der Waals surface area contributed by atoms with Crippen LogP contribution in [0.2, 0.25) is 0 Å². The minimum atomic E-state index is -0.702. The monoisotopic (exact) mass is 292 g/mol. The Morgan fingerprint density at radius 2 is 1.86 bits per heavy atom. The molecule has 1 aliphatic carbocycles. The lowest BCUT2D eigenvalue weighted by Gasteiger charge is -2.27. The number of nitrogens with two attached hydrogens (primary N) is 1. The van der Waals surface area contributed by atoms with E-state index in [1.54, 1.807) is 0 Å². The van der Waals surface area contributed by atoms with Gasteiger partial charge < -0.3 is 20.5 Å². The van der Waals surface area contributed by atoms with Gasteiger partial charge in [0, 0.05) is 12.5 Å². The molecule has 0 radical (unpaired) electrons. The van der Waals surface area contributed by atoms with E-state index in [9.17, 15) is 4.79 Å². The lowest BCUT2D eigenvalue weighted by Crippen LogP contribution is -2.54. The number of benzene rings is 1. The molecular formula is C16H24N2O3. The number of carbonyl (C=O) groups excluding carboxylic acids is 1. The lowest BCUT2D eigenvalue weighted by atomic mass is 9.97. The molecule has 0 saturated heterocycles. The number of nitrogens with one attached hydrogen (secondary N) is 1. The van der Waals surface area contributed by atoms with Crippen LogP contribution in [0.15, 0.2) is 24.3 Å². The van der Waals surface area contributed by atoms with Crippen molar-refractivity contribution in [1.29, 1.82) is 0 Å². The molecule has 1 saturated carbocycles. The molecule has 1 amide bonds. The summed E-state index contributed by atoms with van der Waals surface area (Å²) in [4.78, 5) is 11.6.